The molecule has 0 N–H and O–H groups in total. The Kier molecular flexibility index (Phi) is 5.22. The third-order valence-electron chi connectivity index (χ3n) is 5.16. The predicted molar refractivity (Wildman–Crippen MR) is 113 cm³/mol. The van der Waals surface area contributed by atoms with Crippen molar-refractivity contribution in [1.82, 2.24) is 0 Å². The summed E-state index contributed by atoms with van der Waals surface area (Å²) in [5.41, 5.74) is 7.17. The summed E-state index contributed by atoms with van der Waals surface area (Å²) in [5, 5.41) is 1.23. The number of fused-ring (bicyclic) bond motifs is 1. The van der Waals surface area contributed by atoms with Gasteiger partial charge in [-0.3, -0.25) is 0 Å². The van der Waals surface area contributed by atoms with Crippen molar-refractivity contribution in [2.75, 3.05) is 11.9 Å². The number of rotatable bonds is 5. The van der Waals surface area contributed by atoms with Gasteiger partial charge in [0.25, 0.3) is 0 Å². The van der Waals surface area contributed by atoms with E-state index in [1.807, 2.05) is 0 Å². The Labute approximate surface area is 157 Å². The van der Waals surface area contributed by atoms with E-state index in [0.717, 1.165) is 23.5 Å². The fraction of sp³-hybridized carbons (Fsp3) is 0.333. The molecule has 3 rings (SSSR count). The average molecular weight is 348 g/mol. The zero-order valence-electron chi connectivity index (χ0n) is 16.8. The van der Waals surface area contributed by atoms with E-state index in [2.05, 4.69) is 95.1 Å². The molecule has 2 aromatic carbocycles. The zero-order chi connectivity index (χ0) is 18.8. The molecule has 1 heterocycles. The molecule has 0 unspecified atom stereocenters. The van der Waals surface area contributed by atoms with Gasteiger partial charge < -0.3 is 9.32 Å². The molecule has 2 nitrogen and oxygen atoms in total. The van der Waals surface area contributed by atoms with Crippen LogP contribution in [0.4, 0.5) is 5.69 Å². The monoisotopic (exact) mass is 347 g/mol. The molecule has 0 amide bonds. The number of aryl methyl sites for hydroxylation is 2. The Morgan fingerprint density at radius 3 is 2.50 bits per heavy atom. The van der Waals surface area contributed by atoms with E-state index < -0.39 is 0 Å². The molecule has 26 heavy (non-hydrogen) atoms. The minimum absolute atomic E-state index is 0.468. The molecule has 0 aliphatic heterocycles. The van der Waals surface area contributed by atoms with Crippen LogP contribution in [0.15, 0.2) is 53.0 Å². The van der Waals surface area contributed by atoms with Gasteiger partial charge in [0.2, 0.25) is 0 Å². The maximum Gasteiger partial charge on any atom is 0.154 e. The highest BCUT2D eigenvalue weighted by Crippen LogP contribution is 2.37. The van der Waals surface area contributed by atoms with Crippen molar-refractivity contribution in [3.8, 4) is 0 Å². The quantitative estimate of drug-likeness (QED) is 0.498. The third-order valence-corrected chi connectivity index (χ3v) is 5.16. The van der Waals surface area contributed by atoms with Crippen molar-refractivity contribution in [3.63, 3.8) is 0 Å². The standard InChI is InChI=1S/C24H29NO/c1-7-18-20-14-11-12-17(5)23(20)26-24(18)21(8-2)25(6)22-15-10-9-13-19(22)16(3)4/h8-16H,7H2,1-6H3/b21-8+. The fourth-order valence-corrected chi connectivity index (χ4v) is 3.76. The van der Waals surface area contributed by atoms with Gasteiger partial charge in [-0.1, -0.05) is 63.2 Å². The molecular formula is C24H29NO. The molecule has 0 atom stereocenters. The normalized spacial score (nSPS) is 12.2. The smallest absolute Gasteiger partial charge is 0.154 e. The van der Waals surface area contributed by atoms with Crippen LogP contribution in [0.1, 0.15) is 56.1 Å². The van der Waals surface area contributed by atoms with Crippen molar-refractivity contribution in [1.29, 1.82) is 0 Å². The van der Waals surface area contributed by atoms with E-state index >= 15 is 0 Å². The Hall–Kier alpha value is -2.48. The van der Waals surface area contributed by atoms with Gasteiger partial charge in [0, 0.05) is 23.7 Å². The molecule has 0 radical (unpaired) electrons. The number of hydrogen-bond donors (Lipinski definition) is 0. The van der Waals surface area contributed by atoms with E-state index in [9.17, 15) is 0 Å². The highest BCUT2D eigenvalue weighted by Gasteiger charge is 2.21. The number of para-hydroxylation sites is 2. The molecular weight excluding hydrogens is 318 g/mol. The van der Waals surface area contributed by atoms with Crippen molar-refractivity contribution in [2.45, 2.75) is 47.0 Å². The average Bonchev–Trinajstić information content (AvgIpc) is 3.02. The highest BCUT2D eigenvalue weighted by molar-refractivity contribution is 5.91. The SMILES string of the molecule is C/C=C(\c1oc2c(C)cccc2c1CC)N(C)c1ccccc1C(C)C. The van der Waals surface area contributed by atoms with E-state index in [1.54, 1.807) is 0 Å². The first-order valence-corrected chi connectivity index (χ1v) is 9.49. The summed E-state index contributed by atoms with van der Waals surface area (Å²) >= 11 is 0. The molecule has 0 saturated carbocycles. The summed E-state index contributed by atoms with van der Waals surface area (Å²) in [6.45, 7) is 10.9. The van der Waals surface area contributed by atoms with Crippen LogP contribution >= 0.6 is 0 Å². The molecule has 0 bridgehead atoms. The van der Waals surface area contributed by atoms with Crippen LogP contribution in [-0.4, -0.2) is 7.05 Å². The molecule has 2 heteroatoms. The van der Waals surface area contributed by atoms with E-state index in [-0.39, 0.29) is 0 Å². The van der Waals surface area contributed by atoms with Gasteiger partial charge in [0.05, 0.1) is 5.70 Å². The molecule has 0 fully saturated rings. The molecule has 0 aliphatic carbocycles. The van der Waals surface area contributed by atoms with Crippen LogP contribution in [0.3, 0.4) is 0 Å². The third kappa shape index (κ3) is 3.05. The van der Waals surface area contributed by atoms with Gasteiger partial charge in [0.15, 0.2) is 5.76 Å². The minimum atomic E-state index is 0.468. The first-order chi connectivity index (χ1) is 12.5. The van der Waals surface area contributed by atoms with Crippen LogP contribution in [0.5, 0.6) is 0 Å². The molecule has 3 aromatic rings. The lowest BCUT2D eigenvalue weighted by atomic mass is 9.99. The van der Waals surface area contributed by atoms with Gasteiger partial charge in [0.1, 0.15) is 5.58 Å². The van der Waals surface area contributed by atoms with Crippen molar-refractivity contribution < 1.29 is 4.42 Å². The second kappa shape index (κ2) is 7.41. The lowest BCUT2D eigenvalue weighted by molar-refractivity contribution is 0.589. The van der Waals surface area contributed by atoms with E-state index in [4.69, 9.17) is 4.42 Å². The van der Waals surface area contributed by atoms with Crippen molar-refractivity contribution in [2.24, 2.45) is 0 Å². The van der Waals surface area contributed by atoms with Gasteiger partial charge in [-0.05, 0) is 43.4 Å². The van der Waals surface area contributed by atoms with Crippen LogP contribution in [0.25, 0.3) is 16.7 Å². The van der Waals surface area contributed by atoms with Crippen molar-refractivity contribution in [3.05, 3.63) is 71.0 Å². The lowest BCUT2D eigenvalue weighted by Gasteiger charge is -2.26. The van der Waals surface area contributed by atoms with E-state index in [1.165, 1.54) is 27.8 Å². The Bertz CT molecular complexity index is 946. The molecule has 136 valence electrons. The summed E-state index contributed by atoms with van der Waals surface area (Å²) in [6.07, 6.45) is 3.10. The number of hydrogen-bond acceptors (Lipinski definition) is 2. The minimum Gasteiger partial charge on any atom is -0.454 e. The summed E-state index contributed by atoms with van der Waals surface area (Å²) in [5.74, 6) is 1.45. The van der Waals surface area contributed by atoms with Gasteiger partial charge in [-0.25, -0.2) is 0 Å². The number of benzene rings is 2. The fourth-order valence-electron chi connectivity index (χ4n) is 3.76. The maximum atomic E-state index is 6.41. The summed E-state index contributed by atoms with van der Waals surface area (Å²) in [7, 11) is 2.13. The van der Waals surface area contributed by atoms with Crippen LogP contribution in [-0.2, 0) is 6.42 Å². The molecule has 1 aromatic heterocycles. The first kappa shape index (κ1) is 18.3. The number of nitrogens with zero attached hydrogens (tertiary/aromatic N) is 1. The van der Waals surface area contributed by atoms with Crippen LogP contribution in [0.2, 0.25) is 0 Å². The lowest BCUT2D eigenvalue weighted by Crippen LogP contribution is -2.17. The van der Waals surface area contributed by atoms with E-state index in [0.29, 0.717) is 5.92 Å². The number of allylic oxidation sites excluding steroid dienone is 1. The Balaban J connectivity index is 2.16. The molecule has 0 aliphatic rings. The predicted octanol–water partition coefficient (Wildman–Crippen LogP) is 6.92. The highest BCUT2D eigenvalue weighted by atomic mass is 16.3. The summed E-state index contributed by atoms with van der Waals surface area (Å²) in [4.78, 5) is 2.27. The largest absolute Gasteiger partial charge is 0.454 e. The topological polar surface area (TPSA) is 16.4 Å². The van der Waals surface area contributed by atoms with Gasteiger partial charge >= 0.3 is 0 Å². The Morgan fingerprint density at radius 1 is 1.12 bits per heavy atom. The first-order valence-electron chi connectivity index (χ1n) is 9.49. The Morgan fingerprint density at radius 2 is 1.85 bits per heavy atom. The molecule has 0 spiro atoms. The van der Waals surface area contributed by atoms with Gasteiger partial charge in [-0.2, -0.15) is 0 Å². The zero-order valence-corrected chi connectivity index (χ0v) is 16.8. The number of furan rings is 1. The number of anilines is 1. The van der Waals surface area contributed by atoms with Crippen molar-refractivity contribution >= 4 is 22.4 Å². The second-order valence-electron chi connectivity index (χ2n) is 7.16. The maximum absolute atomic E-state index is 6.41. The summed E-state index contributed by atoms with van der Waals surface area (Å²) < 4.78 is 6.41. The second-order valence-corrected chi connectivity index (χ2v) is 7.16. The van der Waals surface area contributed by atoms with Crippen LogP contribution < -0.4 is 4.90 Å². The summed E-state index contributed by atoms with van der Waals surface area (Å²) in [6, 6.07) is 15.0. The van der Waals surface area contributed by atoms with Crippen LogP contribution in [0, 0.1) is 6.92 Å². The molecule has 0 saturated heterocycles. The van der Waals surface area contributed by atoms with Gasteiger partial charge in [-0.15, -0.1) is 0 Å².